The number of nitrogens with one attached hydrogen (secondary N) is 1. The summed E-state index contributed by atoms with van der Waals surface area (Å²) in [6, 6.07) is 20.2. The Hall–Kier alpha value is -3.91. The Kier molecular flexibility index (Phi) is 3.71. The molecule has 0 fully saturated rings. The van der Waals surface area contributed by atoms with E-state index >= 15 is 0 Å². The fraction of sp³-hybridized carbons (Fsp3) is 0. The molecule has 0 bridgehead atoms. The van der Waals surface area contributed by atoms with Crippen molar-refractivity contribution < 1.29 is 5.11 Å². The molecule has 0 aliphatic rings. The fourth-order valence-corrected chi connectivity index (χ4v) is 2.92. The molecule has 4 aromatic rings. The molecule has 124 valence electrons. The summed E-state index contributed by atoms with van der Waals surface area (Å²) in [6.07, 6.45) is 1.35. The minimum Gasteiger partial charge on any atom is -0.507 e. The molecule has 0 amide bonds. The third-order valence-electron chi connectivity index (χ3n) is 4.19. The molecule has 1 aromatic heterocycles. The highest BCUT2D eigenvalue weighted by molar-refractivity contribution is 5.95. The van der Waals surface area contributed by atoms with E-state index in [4.69, 9.17) is 5.26 Å². The lowest BCUT2D eigenvalue weighted by molar-refractivity contribution is 0.516. The highest BCUT2D eigenvalue weighted by Gasteiger charge is 2.09. The van der Waals surface area contributed by atoms with E-state index < -0.39 is 5.56 Å². The zero-order chi connectivity index (χ0) is 18.1. The van der Waals surface area contributed by atoms with Crippen molar-refractivity contribution in [1.82, 2.24) is 9.97 Å². The molecule has 0 saturated carbocycles. The summed E-state index contributed by atoms with van der Waals surface area (Å²) in [6.45, 7) is 0. The van der Waals surface area contributed by atoms with E-state index in [9.17, 15) is 9.90 Å². The SMILES string of the molecule is N#Cc1ccc2[nH]c(=O)c(/C=C(\O)c3cccc4ccccc34)nc2c1. The van der Waals surface area contributed by atoms with Gasteiger partial charge < -0.3 is 10.1 Å². The number of nitriles is 1. The van der Waals surface area contributed by atoms with Gasteiger partial charge in [0.1, 0.15) is 11.5 Å². The quantitative estimate of drug-likeness (QED) is 0.540. The molecule has 0 atom stereocenters. The summed E-state index contributed by atoms with van der Waals surface area (Å²) in [7, 11) is 0. The molecular weight excluding hydrogens is 326 g/mol. The number of fused-ring (bicyclic) bond motifs is 2. The summed E-state index contributed by atoms with van der Waals surface area (Å²) in [4.78, 5) is 19.3. The molecule has 26 heavy (non-hydrogen) atoms. The second-order valence-electron chi connectivity index (χ2n) is 5.85. The third-order valence-corrected chi connectivity index (χ3v) is 4.19. The predicted molar refractivity (Wildman–Crippen MR) is 102 cm³/mol. The number of nitrogens with zero attached hydrogens (tertiary/aromatic N) is 2. The molecule has 0 unspecified atom stereocenters. The number of hydrogen-bond acceptors (Lipinski definition) is 4. The Balaban J connectivity index is 1.88. The number of aromatic amines is 1. The number of aliphatic hydroxyl groups is 1. The third kappa shape index (κ3) is 2.70. The van der Waals surface area contributed by atoms with Gasteiger partial charge in [0.15, 0.2) is 0 Å². The van der Waals surface area contributed by atoms with Crippen molar-refractivity contribution in [3.8, 4) is 6.07 Å². The average Bonchev–Trinajstić information content (AvgIpc) is 2.67. The number of benzene rings is 3. The molecule has 0 aliphatic carbocycles. The van der Waals surface area contributed by atoms with Crippen LogP contribution >= 0.6 is 0 Å². The van der Waals surface area contributed by atoms with Gasteiger partial charge >= 0.3 is 0 Å². The van der Waals surface area contributed by atoms with Crippen LogP contribution in [0.1, 0.15) is 16.8 Å². The van der Waals surface area contributed by atoms with E-state index in [1.165, 1.54) is 6.08 Å². The van der Waals surface area contributed by atoms with Gasteiger partial charge in [-0.2, -0.15) is 5.26 Å². The topological polar surface area (TPSA) is 89.8 Å². The summed E-state index contributed by atoms with van der Waals surface area (Å²) in [5.74, 6) is -0.0458. The molecule has 4 rings (SSSR count). The first-order valence-electron chi connectivity index (χ1n) is 7.99. The van der Waals surface area contributed by atoms with Crippen LogP contribution in [-0.4, -0.2) is 15.1 Å². The van der Waals surface area contributed by atoms with Gasteiger partial charge in [-0.25, -0.2) is 4.98 Å². The molecule has 0 spiro atoms. The highest BCUT2D eigenvalue weighted by Crippen LogP contribution is 2.24. The molecular formula is C21H13N3O2. The van der Waals surface area contributed by atoms with E-state index in [2.05, 4.69) is 9.97 Å². The van der Waals surface area contributed by atoms with Gasteiger partial charge in [0.25, 0.3) is 5.56 Å². The van der Waals surface area contributed by atoms with Crippen LogP contribution in [0.25, 0.3) is 33.6 Å². The molecule has 3 aromatic carbocycles. The van der Waals surface area contributed by atoms with Crippen molar-refractivity contribution in [2.24, 2.45) is 0 Å². The average molecular weight is 339 g/mol. The van der Waals surface area contributed by atoms with Crippen LogP contribution in [0.15, 0.2) is 65.5 Å². The van der Waals surface area contributed by atoms with E-state index in [1.54, 1.807) is 24.3 Å². The van der Waals surface area contributed by atoms with Gasteiger partial charge in [-0.05, 0) is 29.0 Å². The van der Waals surface area contributed by atoms with Crippen LogP contribution < -0.4 is 5.56 Å². The minimum absolute atomic E-state index is 0.0458. The normalized spacial score (nSPS) is 11.6. The summed E-state index contributed by atoms with van der Waals surface area (Å²) in [5.41, 5.74) is 1.77. The first-order chi connectivity index (χ1) is 12.7. The van der Waals surface area contributed by atoms with Crippen LogP contribution in [0.3, 0.4) is 0 Å². The van der Waals surface area contributed by atoms with Crippen molar-refractivity contribution in [3.63, 3.8) is 0 Å². The lowest BCUT2D eigenvalue weighted by Crippen LogP contribution is -2.12. The monoisotopic (exact) mass is 339 g/mol. The van der Waals surface area contributed by atoms with Crippen molar-refractivity contribution >= 4 is 33.6 Å². The van der Waals surface area contributed by atoms with Crippen molar-refractivity contribution in [2.75, 3.05) is 0 Å². The molecule has 5 heteroatoms. The van der Waals surface area contributed by atoms with Crippen LogP contribution in [0.4, 0.5) is 0 Å². The minimum atomic E-state index is -0.408. The maximum Gasteiger partial charge on any atom is 0.274 e. The van der Waals surface area contributed by atoms with Crippen LogP contribution in [-0.2, 0) is 0 Å². The molecule has 0 saturated heterocycles. The number of aromatic nitrogens is 2. The number of hydrogen-bond donors (Lipinski definition) is 2. The molecule has 1 heterocycles. The molecule has 0 radical (unpaired) electrons. The van der Waals surface area contributed by atoms with Gasteiger partial charge in [0, 0.05) is 11.6 Å². The largest absolute Gasteiger partial charge is 0.507 e. The first-order valence-corrected chi connectivity index (χ1v) is 7.99. The standard InChI is InChI=1S/C21H13N3O2/c22-12-13-8-9-17-18(10-13)23-19(21(26)24-17)11-20(25)16-7-3-5-14-4-1-2-6-15(14)16/h1-11,25H,(H,24,26)/b20-11-. The Labute approximate surface area is 148 Å². The number of rotatable bonds is 2. The van der Waals surface area contributed by atoms with E-state index in [1.807, 2.05) is 42.5 Å². The maximum absolute atomic E-state index is 12.3. The summed E-state index contributed by atoms with van der Waals surface area (Å²) >= 11 is 0. The fourth-order valence-electron chi connectivity index (χ4n) is 2.92. The predicted octanol–water partition coefficient (Wildman–Crippen LogP) is 4.00. The van der Waals surface area contributed by atoms with Crippen molar-refractivity contribution in [1.29, 1.82) is 5.26 Å². The van der Waals surface area contributed by atoms with Gasteiger partial charge in [0.05, 0.1) is 22.7 Å². The smallest absolute Gasteiger partial charge is 0.274 e. The summed E-state index contributed by atoms with van der Waals surface area (Å²) < 4.78 is 0. The second kappa shape index (κ2) is 6.19. The Bertz CT molecular complexity index is 1270. The number of aliphatic hydroxyl groups excluding tert-OH is 1. The second-order valence-corrected chi connectivity index (χ2v) is 5.85. The highest BCUT2D eigenvalue weighted by atomic mass is 16.3. The van der Waals surface area contributed by atoms with Crippen LogP contribution in [0.2, 0.25) is 0 Å². The zero-order valence-electron chi connectivity index (χ0n) is 13.6. The lowest BCUT2D eigenvalue weighted by Gasteiger charge is -2.06. The van der Waals surface area contributed by atoms with Gasteiger partial charge in [-0.1, -0.05) is 42.5 Å². The zero-order valence-corrected chi connectivity index (χ0v) is 13.6. The first kappa shape index (κ1) is 15.6. The lowest BCUT2D eigenvalue weighted by atomic mass is 10.0. The van der Waals surface area contributed by atoms with Crippen LogP contribution in [0, 0.1) is 11.3 Å². The van der Waals surface area contributed by atoms with E-state index in [0.29, 0.717) is 22.2 Å². The van der Waals surface area contributed by atoms with Crippen LogP contribution in [0.5, 0.6) is 0 Å². The van der Waals surface area contributed by atoms with E-state index in [0.717, 1.165) is 10.8 Å². The Morgan fingerprint density at radius 3 is 2.77 bits per heavy atom. The Morgan fingerprint density at radius 2 is 1.92 bits per heavy atom. The Morgan fingerprint density at radius 1 is 1.12 bits per heavy atom. The maximum atomic E-state index is 12.3. The van der Waals surface area contributed by atoms with E-state index in [-0.39, 0.29) is 11.5 Å². The number of H-pyrrole nitrogens is 1. The molecule has 2 N–H and O–H groups in total. The molecule has 5 nitrogen and oxygen atoms in total. The van der Waals surface area contributed by atoms with Crippen molar-refractivity contribution in [2.45, 2.75) is 0 Å². The summed E-state index contributed by atoms with van der Waals surface area (Å²) in [5, 5.41) is 21.5. The molecule has 0 aliphatic heterocycles. The van der Waals surface area contributed by atoms with Gasteiger partial charge in [-0.15, -0.1) is 0 Å². The van der Waals surface area contributed by atoms with Gasteiger partial charge in [0.2, 0.25) is 0 Å². The van der Waals surface area contributed by atoms with Crippen molar-refractivity contribution in [3.05, 3.63) is 87.8 Å². The van der Waals surface area contributed by atoms with Gasteiger partial charge in [-0.3, -0.25) is 4.79 Å².